The minimum atomic E-state index is -1.57. The molecule has 1 aromatic heterocycles. The highest BCUT2D eigenvalue weighted by atomic mass is 16.5. The number of hydrogen-bond acceptors (Lipinski definition) is 5. The smallest absolute Gasteiger partial charge is 0.461 e. The van der Waals surface area contributed by atoms with Crippen molar-refractivity contribution in [3.8, 4) is 0 Å². The van der Waals surface area contributed by atoms with Crippen molar-refractivity contribution < 1.29 is 19.6 Å². The van der Waals surface area contributed by atoms with Crippen molar-refractivity contribution in [3.05, 3.63) is 24.0 Å². The van der Waals surface area contributed by atoms with Gasteiger partial charge < -0.3 is 14.8 Å². The molecule has 0 unspecified atom stereocenters. The van der Waals surface area contributed by atoms with Gasteiger partial charge in [0.25, 0.3) is 0 Å². The lowest BCUT2D eigenvalue weighted by atomic mass is 9.82. The molecule has 0 aliphatic rings. The van der Waals surface area contributed by atoms with Gasteiger partial charge in [0, 0.05) is 11.7 Å². The Balaban J connectivity index is 2.78. The number of nitrogens with zero attached hydrogens (tertiary/aromatic N) is 1. The Kier molecular flexibility index (Phi) is 3.61. The zero-order valence-corrected chi connectivity index (χ0v) is 7.67. The Bertz CT molecular complexity index is 312. The molecule has 2 N–H and O–H groups in total. The van der Waals surface area contributed by atoms with E-state index >= 15 is 0 Å². The van der Waals surface area contributed by atoms with Gasteiger partial charge in [-0.15, -0.1) is 0 Å². The molecule has 1 rings (SSSR count). The van der Waals surface area contributed by atoms with E-state index in [0.717, 1.165) is 0 Å². The van der Waals surface area contributed by atoms with Crippen LogP contribution < -0.4 is 5.46 Å². The lowest BCUT2D eigenvalue weighted by Crippen LogP contribution is -2.30. The van der Waals surface area contributed by atoms with Crippen molar-refractivity contribution in [2.24, 2.45) is 0 Å². The average molecular weight is 195 g/mol. The standard InChI is InChI=1S/C8H10BNO4/c1-2-14-8(11)7-4-3-6(5-10-7)9(12)13/h3-5,12-13H,2H2,1H3. The predicted octanol–water partition coefficient (Wildman–Crippen LogP) is -1.06. The molecule has 0 aromatic carbocycles. The van der Waals surface area contributed by atoms with E-state index in [1.165, 1.54) is 18.3 Å². The van der Waals surface area contributed by atoms with Crippen molar-refractivity contribution in [1.29, 1.82) is 0 Å². The van der Waals surface area contributed by atoms with Crippen LogP contribution in [-0.2, 0) is 4.74 Å². The molecule has 0 saturated carbocycles. The van der Waals surface area contributed by atoms with Crippen molar-refractivity contribution >= 4 is 18.6 Å². The lowest BCUT2D eigenvalue weighted by Gasteiger charge is -2.01. The van der Waals surface area contributed by atoms with Crippen molar-refractivity contribution in [3.63, 3.8) is 0 Å². The molecule has 0 fully saturated rings. The summed E-state index contributed by atoms with van der Waals surface area (Å²) in [5, 5.41) is 17.5. The van der Waals surface area contributed by atoms with Crippen LogP contribution >= 0.6 is 0 Å². The molecule has 5 nitrogen and oxygen atoms in total. The summed E-state index contributed by atoms with van der Waals surface area (Å²) in [7, 11) is -1.57. The van der Waals surface area contributed by atoms with Crippen molar-refractivity contribution in [1.82, 2.24) is 4.98 Å². The van der Waals surface area contributed by atoms with E-state index in [4.69, 9.17) is 14.8 Å². The largest absolute Gasteiger partial charge is 0.490 e. The summed E-state index contributed by atoms with van der Waals surface area (Å²) in [4.78, 5) is 14.8. The van der Waals surface area contributed by atoms with Crippen molar-refractivity contribution in [2.45, 2.75) is 6.92 Å². The second kappa shape index (κ2) is 4.73. The minimum absolute atomic E-state index is 0.149. The summed E-state index contributed by atoms with van der Waals surface area (Å²) in [6, 6.07) is 2.79. The van der Waals surface area contributed by atoms with Gasteiger partial charge >= 0.3 is 13.1 Å². The zero-order valence-electron chi connectivity index (χ0n) is 7.67. The molecular weight excluding hydrogens is 185 g/mol. The molecule has 0 aliphatic carbocycles. The molecule has 0 bridgehead atoms. The number of carbonyl (C=O) groups is 1. The van der Waals surface area contributed by atoms with Gasteiger partial charge in [-0.05, 0) is 13.0 Å². The quantitative estimate of drug-likeness (QED) is 0.474. The molecular formula is C8H10BNO4. The third-order valence-corrected chi connectivity index (χ3v) is 1.57. The molecule has 1 aromatic rings. The fraction of sp³-hybridized carbons (Fsp3) is 0.250. The molecule has 6 heteroatoms. The fourth-order valence-corrected chi connectivity index (χ4v) is 0.884. The molecule has 0 spiro atoms. The van der Waals surface area contributed by atoms with Gasteiger partial charge in [-0.25, -0.2) is 9.78 Å². The van der Waals surface area contributed by atoms with E-state index in [1.54, 1.807) is 6.92 Å². The van der Waals surface area contributed by atoms with E-state index in [1.807, 2.05) is 0 Å². The predicted molar refractivity (Wildman–Crippen MR) is 50.0 cm³/mol. The van der Waals surface area contributed by atoms with Gasteiger partial charge in [0.05, 0.1) is 6.61 Å². The van der Waals surface area contributed by atoms with Gasteiger partial charge in [0.2, 0.25) is 0 Å². The SMILES string of the molecule is CCOC(=O)c1ccc(B(O)O)cn1. The molecule has 0 aliphatic heterocycles. The Morgan fingerprint density at radius 1 is 1.57 bits per heavy atom. The van der Waals surface area contributed by atoms with Crippen LogP contribution in [0.5, 0.6) is 0 Å². The number of rotatable bonds is 3. The highest BCUT2D eigenvalue weighted by Crippen LogP contribution is 1.95. The second-order valence-corrected chi connectivity index (χ2v) is 2.57. The maximum Gasteiger partial charge on any atom is 0.490 e. The van der Waals surface area contributed by atoms with E-state index in [9.17, 15) is 4.79 Å². The molecule has 0 saturated heterocycles. The average Bonchev–Trinajstić information content (AvgIpc) is 2.18. The van der Waals surface area contributed by atoms with Crippen LogP contribution in [0.4, 0.5) is 0 Å². The Labute approximate surface area is 81.5 Å². The summed E-state index contributed by atoms with van der Waals surface area (Å²) < 4.78 is 4.70. The highest BCUT2D eigenvalue weighted by Gasteiger charge is 2.13. The number of esters is 1. The first-order valence-electron chi connectivity index (χ1n) is 4.14. The Morgan fingerprint density at radius 3 is 2.71 bits per heavy atom. The van der Waals surface area contributed by atoms with Crippen LogP contribution in [0, 0.1) is 0 Å². The first kappa shape index (κ1) is 10.7. The monoisotopic (exact) mass is 195 g/mol. The Morgan fingerprint density at radius 2 is 2.29 bits per heavy atom. The Hall–Kier alpha value is -1.40. The summed E-state index contributed by atoms with van der Waals surface area (Å²) in [6.45, 7) is 1.98. The first-order valence-corrected chi connectivity index (χ1v) is 4.14. The van der Waals surface area contributed by atoms with Crippen LogP contribution in [-0.4, -0.2) is 34.7 Å². The van der Waals surface area contributed by atoms with Crippen LogP contribution in [0.15, 0.2) is 18.3 Å². The molecule has 0 radical (unpaired) electrons. The first-order chi connectivity index (χ1) is 6.65. The summed E-state index contributed by atoms with van der Waals surface area (Å²) in [6.07, 6.45) is 1.22. The zero-order chi connectivity index (χ0) is 10.6. The summed E-state index contributed by atoms with van der Waals surface area (Å²) in [5.74, 6) is -0.522. The summed E-state index contributed by atoms with van der Waals surface area (Å²) in [5.41, 5.74) is 0.384. The van der Waals surface area contributed by atoms with Gasteiger partial charge in [0.1, 0.15) is 5.69 Å². The second-order valence-electron chi connectivity index (χ2n) is 2.57. The molecule has 14 heavy (non-hydrogen) atoms. The van der Waals surface area contributed by atoms with Crippen LogP contribution in [0.1, 0.15) is 17.4 Å². The number of hydrogen-bond donors (Lipinski definition) is 2. The third kappa shape index (κ3) is 2.55. The van der Waals surface area contributed by atoms with Gasteiger partial charge in [0.15, 0.2) is 0 Å². The lowest BCUT2D eigenvalue weighted by molar-refractivity contribution is 0.0519. The van der Waals surface area contributed by atoms with E-state index in [2.05, 4.69) is 4.98 Å². The topological polar surface area (TPSA) is 79.7 Å². The molecule has 74 valence electrons. The van der Waals surface area contributed by atoms with Gasteiger partial charge in [-0.2, -0.15) is 0 Å². The van der Waals surface area contributed by atoms with E-state index in [0.29, 0.717) is 0 Å². The normalized spacial score (nSPS) is 9.64. The number of pyridine rings is 1. The molecule has 0 atom stereocenters. The molecule has 1 heterocycles. The van der Waals surface area contributed by atoms with Gasteiger partial charge in [-0.3, -0.25) is 0 Å². The van der Waals surface area contributed by atoms with Crippen molar-refractivity contribution in [2.75, 3.05) is 6.61 Å². The van der Waals surface area contributed by atoms with E-state index in [-0.39, 0.29) is 17.8 Å². The minimum Gasteiger partial charge on any atom is -0.461 e. The van der Waals surface area contributed by atoms with Gasteiger partial charge in [-0.1, -0.05) is 6.07 Å². The van der Waals surface area contributed by atoms with Crippen LogP contribution in [0.3, 0.4) is 0 Å². The fourth-order valence-electron chi connectivity index (χ4n) is 0.884. The van der Waals surface area contributed by atoms with Crippen LogP contribution in [0.25, 0.3) is 0 Å². The summed E-state index contributed by atoms with van der Waals surface area (Å²) >= 11 is 0. The third-order valence-electron chi connectivity index (χ3n) is 1.57. The van der Waals surface area contributed by atoms with E-state index < -0.39 is 13.1 Å². The number of carbonyl (C=O) groups excluding carboxylic acids is 1. The maximum absolute atomic E-state index is 11.1. The highest BCUT2D eigenvalue weighted by molar-refractivity contribution is 6.58. The number of ether oxygens (including phenoxy) is 1. The molecule has 0 amide bonds. The maximum atomic E-state index is 11.1. The van der Waals surface area contributed by atoms with Crippen LogP contribution in [0.2, 0.25) is 0 Å². The number of aromatic nitrogens is 1.